The molecule has 0 amide bonds. The van der Waals surface area contributed by atoms with Gasteiger partial charge in [-0.3, -0.25) is 0 Å². The molecule has 90 valence electrons. The Morgan fingerprint density at radius 2 is 2.25 bits per heavy atom. The van der Waals surface area contributed by atoms with Gasteiger partial charge in [-0.05, 0) is 0 Å². The van der Waals surface area contributed by atoms with Crippen LogP contribution in [0.1, 0.15) is 14.7 Å². The quantitative estimate of drug-likeness (QED) is 0.772. The molecule has 0 atom stereocenters. The van der Waals surface area contributed by atoms with Gasteiger partial charge < -0.3 is 9.47 Å². The lowest BCUT2D eigenvalue weighted by Gasteiger charge is -2.05. The minimum absolute atomic E-state index is 0.230. The van der Waals surface area contributed by atoms with Crippen LogP contribution in [0.2, 0.25) is 0 Å². The summed E-state index contributed by atoms with van der Waals surface area (Å²) in [5.74, 6) is -0.570. The molecule has 0 bridgehead atoms. The first kappa shape index (κ1) is 12.9. The van der Waals surface area contributed by atoms with Gasteiger partial charge in [0.05, 0.1) is 19.9 Å². The SMILES string of the molecule is COC(=O)c1cnc(COCC(F)(F)F)s1. The van der Waals surface area contributed by atoms with Crippen molar-refractivity contribution in [1.82, 2.24) is 4.98 Å². The van der Waals surface area contributed by atoms with Crippen LogP contribution in [0.5, 0.6) is 0 Å². The second-order valence-corrected chi connectivity index (χ2v) is 3.83. The fraction of sp³-hybridized carbons (Fsp3) is 0.500. The maximum Gasteiger partial charge on any atom is 0.411 e. The molecule has 0 saturated heterocycles. The molecule has 0 spiro atoms. The Bertz CT molecular complexity index is 364. The number of aromatic nitrogens is 1. The predicted octanol–water partition coefficient (Wildman–Crippen LogP) is 2.01. The smallest absolute Gasteiger partial charge is 0.411 e. The fourth-order valence-corrected chi connectivity index (χ4v) is 1.60. The zero-order chi connectivity index (χ0) is 12.2. The summed E-state index contributed by atoms with van der Waals surface area (Å²) in [7, 11) is 1.21. The predicted molar refractivity (Wildman–Crippen MR) is 49.2 cm³/mol. The van der Waals surface area contributed by atoms with E-state index in [2.05, 4.69) is 14.5 Å². The highest BCUT2D eigenvalue weighted by Gasteiger charge is 2.27. The minimum Gasteiger partial charge on any atom is -0.465 e. The molecule has 1 aromatic heterocycles. The van der Waals surface area contributed by atoms with Crippen LogP contribution in [0, 0.1) is 0 Å². The molecule has 1 aromatic rings. The largest absolute Gasteiger partial charge is 0.465 e. The van der Waals surface area contributed by atoms with Crippen molar-refractivity contribution in [3.63, 3.8) is 0 Å². The summed E-state index contributed by atoms with van der Waals surface area (Å²) in [5, 5.41) is 0.296. The monoisotopic (exact) mass is 255 g/mol. The zero-order valence-corrected chi connectivity index (χ0v) is 9.02. The molecule has 1 rings (SSSR count). The summed E-state index contributed by atoms with van der Waals surface area (Å²) in [6.07, 6.45) is -3.12. The zero-order valence-electron chi connectivity index (χ0n) is 8.21. The van der Waals surface area contributed by atoms with Crippen LogP contribution in [-0.4, -0.2) is 30.8 Å². The number of carbonyl (C=O) groups excluding carboxylic acids is 1. The van der Waals surface area contributed by atoms with Crippen molar-refractivity contribution in [2.45, 2.75) is 12.8 Å². The number of nitrogens with zero attached hydrogens (tertiary/aromatic N) is 1. The first-order valence-corrected chi connectivity index (χ1v) is 4.91. The molecule has 4 nitrogen and oxygen atoms in total. The Labute approximate surface area is 93.0 Å². The highest BCUT2D eigenvalue weighted by Crippen LogP contribution is 2.18. The lowest BCUT2D eigenvalue weighted by Crippen LogP contribution is -2.16. The van der Waals surface area contributed by atoms with E-state index < -0.39 is 18.8 Å². The molecule has 0 aliphatic heterocycles. The van der Waals surface area contributed by atoms with Gasteiger partial charge in [0, 0.05) is 0 Å². The van der Waals surface area contributed by atoms with E-state index in [1.165, 1.54) is 13.3 Å². The summed E-state index contributed by atoms with van der Waals surface area (Å²) in [5.41, 5.74) is 0. The van der Waals surface area contributed by atoms with E-state index >= 15 is 0 Å². The van der Waals surface area contributed by atoms with Gasteiger partial charge in [-0.25, -0.2) is 9.78 Å². The van der Waals surface area contributed by atoms with E-state index in [0.717, 1.165) is 11.3 Å². The number of halogens is 3. The third-order valence-electron chi connectivity index (χ3n) is 1.43. The van der Waals surface area contributed by atoms with Gasteiger partial charge in [-0.15, -0.1) is 11.3 Å². The molecular weight excluding hydrogens is 247 g/mol. The van der Waals surface area contributed by atoms with E-state index in [1.54, 1.807) is 0 Å². The topological polar surface area (TPSA) is 48.4 Å². The summed E-state index contributed by atoms with van der Waals surface area (Å²) < 4.78 is 44.0. The minimum atomic E-state index is -4.36. The molecule has 0 radical (unpaired) electrons. The second-order valence-electron chi connectivity index (χ2n) is 2.72. The Hall–Kier alpha value is -1.15. The van der Waals surface area contributed by atoms with Crippen LogP contribution >= 0.6 is 11.3 Å². The molecular formula is C8H8F3NO3S. The van der Waals surface area contributed by atoms with E-state index in [1.807, 2.05) is 0 Å². The van der Waals surface area contributed by atoms with Gasteiger partial charge in [0.2, 0.25) is 0 Å². The summed E-state index contributed by atoms with van der Waals surface area (Å²) >= 11 is 0.938. The molecule has 0 aromatic carbocycles. The molecule has 1 heterocycles. The van der Waals surface area contributed by atoms with Crippen molar-refractivity contribution < 1.29 is 27.4 Å². The molecule has 0 aliphatic rings. The highest BCUT2D eigenvalue weighted by atomic mass is 32.1. The number of carbonyl (C=O) groups is 1. The van der Waals surface area contributed by atoms with Gasteiger partial charge in [0.1, 0.15) is 16.5 Å². The van der Waals surface area contributed by atoms with Gasteiger partial charge in [-0.2, -0.15) is 13.2 Å². The molecule has 0 aliphatic carbocycles. The first-order valence-electron chi connectivity index (χ1n) is 4.10. The third-order valence-corrected chi connectivity index (χ3v) is 2.38. The lowest BCUT2D eigenvalue weighted by molar-refractivity contribution is -0.176. The van der Waals surface area contributed by atoms with Gasteiger partial charge >= 0.3 is 12.1 Å². The first-order chi connectivity index (χ1) is 7.42. The van der Waals surface area contributed by atoms with Crippen LogP contribution in [0.15, 0.2) is 6.20 Å². The van der Waals surface area contributed by atoms with Crippen LogP contribution in [0.4, 0.5) is 13.2 Å². The lowest BCUT2D eigenvalue weighted by atomic mass is 10.6. The van der Waals surface area contributed by atoms with Gasteiger partial charge in [0.25, 0.3) is 0 Å². The van der Waals surface area contributed by atoms with Crippen molar-refractivity contribution in [3.8, 4) is 0 Å². The van der Waals surface area contributed by atoms with Crippen molar-refractivity contribution in [2.24, 2.45) is 0 Å². The van der Waals surface area contributed by atoms with Crippen molar-refractivity contribution >= 4 is 17.3 Å². The Morgan fingerprint density at radius 1 is 1.56 bits per heavy atom. The van der Waals surface area contributed by atoms with E-state index in [0.29, 0.717) is 5.01 Å². The molecule has 16 heavy (non-hydrogen) atoms. The average Bonchev–Trinajstić information content (AvgIpc) is 2.63. The summed E-state index contributed by atoms with van der Waals surface area (Å²) in [6, 6.07) is 0. The van der Waals surface area contributed by atoms with Gasteiger partial charge in [-0.1, -0.05) is 0 Å². The summed E-state index contributed by atoms with van der Waals surface area (Å²) in [4.78, 5) is 14.9. The number of thiazole rings is 1. The average molecular weight is 255 g/mol. The van der Waals surface area contributed by atoms with Crippen LogP contribution in [0.3, 0.4) is 0 Å². The van der Waals surface area contributed by atoms with E-state index in [4.69, 9.17) is 0 Å². The number of ether oxygens (including phenoxy) is 2. The summed E-state index contributed by atoms with van der Waals surface area (Å²) in [6.45, 7) is -1.61. The molecule has 0 N–H and O–H groups in total. The third kappa shape index (κ3) is 4.15. The van der Waals surface area contributed by atoms with E-state index in [-0.39, 0.29) is 11.5 Å². The number of methoxy groups -OCH3 is 1. The van der Waals surface area contributed by atoms with Gasteiger partial charge in [0.15, 0.2) is 0 Å². The Morgan fingerprint density at radius 3 is 2.81 bits per heavy atom. The maximum absolute atomic E-state index is 11.7. The number of hydrogen-bond acceptors (Lipinski definition) is 5. The Balaban J connectivity index is 2.44. The van der Waals surface area contributed by atoms with E-state index in [9.17, 15) is 18.0 Å². The number of hydrogen-bond donors (Lipinski definition) is 0. The molecule has 8 heteroatoms. The Kier molecular flexibility index (Phi) is 4.25. The van der Waals surface area contributed by atoms with Crippen molar-refractivity contribution in [3.05, 3.63) is 16.1 Å². The van der Waals surface area contributed by atoms with Crippen molar-refractivity contribution in [2.75, 3.05) is 13.7 Å². The van der Waals surface area contributed by atoms with Crippen LogP contribution in [0.25, 0.3) is 0 Å². The number of rotatable bonds is 4. The molecule has 0 unspecified atom stereocenters. The molecule has 0 saturated carbocycles. The normalized spacial score (nSPS) is 11.5. The fourth-order valence-electron chi connectivity index (χ4n) is 0.826. The van der Waals surface area contributed by atoms with Crippen molar-refractivity contribution in [1.29, 1.82) is 0 Å². The van der Waals surface area contributed by atoms with Crippen LogP contribution < -0.4 is 0 Å². The number of esters is 1. The highest BCUT2D eigenvalue weighted by molar-refractivity contribution is 7.13. The second kappa shape index (κ2) is 5.26. The van der Waals surface area contributed by atoms with Crippen LogP contribution in [-0.2, 0) is 16.1 Å². The number of alkyl halides is 3. The molecule has 0 fully saturated rings. The standard InChI is InChI=1S/C8H8F3NO3S/c1-14-7(13)5-2-12-6(16-5)3-15-4-8(9,10)11/h2H,3-4H2,1H3. The maximum atomic E-state index is 11.7.